The van der Waals surface area contributed by atoms with Crippen LogP contribution in [0.2, 0.25) is 0 Å². The summed E-state index contributed by atoms with van der Waals surface area (Å²) in [5.41, 5.74) is 3.56. The van der Waals surface area contributed by atoms with Crippen molar-refractivity contribution in [1.29, 1.82) is 0 Å². The van der Waals surface area contributed by atoms with Gasteiger partial charge in [-0.15, -0.1) is 0 Å². The second-order valence-corrected chi connectivity index (χ2v) is 14.6. The average Bonchev–Trinajstić information content (AvgIpc) is 3.90. The molecular weight excluding hydrogens is 731 g/mol. The summed E-state index contributed by atoms with van der Waals surface area (Å²) in [6, 6.07) is 40.4. The molecule has 58 heavy (non-hydrogen) atoms. The number of benzene rings is 5. The smallest absolute Gasteiger partial charge is 0.253 e. The lowest BCUT2D eigenvalue weighted by Gasteiger charge is -2.26. The molecular formula is C47H47N5O6. The number of nitrogens with one attached hydrogen (secondary N) is 2. The minimum Gasteiger partial charge on any atom is -0.497 e. The lowest BCUT2D eigenvalue weighted by atomic mass is 10.0. The van der Waals surface area contributed by atoms with Crippen LogP contribution in [0.1, 0.15) is 29.0 Å². The van der Waals surface area contributed by atoms with Gasteiger partial charge in [-0.25, -0.2) is 0 Å². The Morgan fingerprint density at radius 1 is 0.724 bits per heavy atom. The number of aromatic nitrogens is 1. The number of hydrogen-bond donors (Lipinski definition) is 2. The van der Waals surface area contributed by atoms with Crippen LogP contribution < -0.4 is 29.9 Å². The number of anilines is 2. The fourth-order valence-corrected chi connectivity index (χ4v) is 7.67. The van der Waals surface area contributed by atoms with E-state index in [4.69, 9.17) is 9.47 Å². The molecule has 7 rings (SSSR count). The number of rotatable bonds is 15. The molecule has 1 saturated carbocycles. The monoisotopic (exact) mass is 777 g/mol. The lowest BCUT2D eigenvalue weighted by molar-refractivity contribution is -0.128. The maximum absolute atomic E-state index is 14.3. The predicted molar refractivity (Wildman–Crippen MR) is 225 cm³/mol. The van der Waals surface area contributed by atoms with Crippen molar-refractivity contribution in [1.82, 2.24) is 15.2 Å². The summed E-state index contributed by atoms with van der Waals surface area (Å²) < 4.78 is 12.4. The van der Waals surface area contributed by atoms with E-state index in [2.05, 4.69) is 10.6 Å². The zero-order valence-electron chi connectivity index (χ0n) is 33.1. The van der Waals surface area contributed by atoms with Crippen molar-refractivity contribution in [3.05, 3.63) is 156 Å². The van der Waals surface area contributed by atoms with Gasteiger partial charge in [0.15, 0.2) is 0 Å². The van der Waals surface area contributed by atoms with E-state index in [1.165, 1.54) is 4.90 Å². The molecule has 2 N–H and O–H groups in total. The molecule has 0 saturated heterocycles. The first-order chi connectivity index (χ1) is 28.1. The minimum absolute atomic E-state index is 0.0142. The van der Waals surface area contributed by atoms with Gasteiger partial charge in [-0.3, -0.25) is 19.2 Å². The van der Waals surface area contributed by atoms with Gasteiger partial charge in [-0.1, -0.05) is 78.9 Å². The largest absolute Gasteiger partial charge is 0.497 e. The Labute approximate surface area is 338 Å². The molecule has 296 valence electrons. The molecule has 1 aliphatic rings. The fraction of sp³-hybridized carbons (Fsp3) is 0.234. The summed E-state index contributed by atoms with van der Waals surface area (Å²) in [5, 5.41) is 6.96. The van der Waals surface area contributed by atoms with Crippen LogP contribution in [0.5, 0.6) is 11.5 Å². The quantitative estimate of drug-likeness (QED) is 0.126. The highest BCUT2D eigenvalue weighted by molar-refractivity contribution is 6.06. The van der Waals surface area contributed by atoms with Crippen molar-refractivity contribution in [3.63, 3.8) is 0 Å². The Kier molecular flexibility index (Phi) is 11.6. The van der Waals surface area contributed by atoms with E-state index in [0.717, 1.165) is 22.0 Å². The number of nitrogens with zero attached hydrogens (tertiary/aromatic N) is 3. The van der Waals surface area contributed by atoms with E-state index in [1.807, 2.05) is 97.1 Å². The molecule has 1 aliphatic carbocycles. The Balaban J connectivity index is 1.09. The third-order valence-corrected chi connectivity index (χ3v) is 10.9. The van der Waals surface area contributed by atoms with Crippen LogP contribution in [-0.2, 0) is 38.6 Å². The number of carbonyl (C=O) groups is 4. The van der Waals surface area contributed by atoms with E-state index in [1.54, 1.807) is 80.4 Å². The summed E-state index contributed by atoms with van der Waals surface area (Å²) in [6.07, 6.45) is 2.54. The molecule has 1 unspecified atom stereocenters. The Morgan fingerprint density at radius 3 is 1.91 bits per heavy atom. The first kappa shape index (κ1) is 39.4. The third-order valence-electron chi connectivity index (χ3n) is 10.9. The first-order valence-corrected chi connectivity index (χ1v) is 19.2. The van der Waals surface area contributed by atoms with Crippen LogP contribution in [0, 0.1) is 0 Å². The molecule has 0 bridgehead atoms. The van der Waals surface area contributed by atoms with Gasteiger partial charge in [0.25, 0.3) is 5.91 Å². The van der Waals surface area contributed by atoms with Crippen molar-refractivity contribution < 1.29 is 28.7 Å². The summed E-state index contributed by atoms with van der Waals surface area (Å²) in [7, 11) is 6.57. The molecule has 3 atom stereocenters. The first-order valence-electron chi connectivity index (χ1n) is 19.2. The SMILES string of the molecule is COc1ccc(N(C)C(=O)[C@H](Cc2ccccc2)NC(=O)Cn2cc(CC(=O)N[C@@]3(C(=O)N(C)c4ccc(OC)cc4)CC3c3ccccc3)c3ccccc32)cc1. The molecule has 11 nitrogen and oxygen atoms in total. The van der Waals surface area contributed by atoms with Gasteiger partial charge in [0, 0.05) is 54.9 Å². The van der Waals surface area contributed by atoms with Gasteiger partial charge in [0.05, 0.1) is 20.6 Å². The van der Waals surface area contributed by atoms with Crippen LogP contribution in [0.4, 0.5) is 11.4 Å². The molecule has 11 heteroatoms. The number of para-hydroxylation sites is 1. The normalized spacial score (nSPS) is 16.2. The Hall–Kier alpha value is -6.88. The van der Waals surface area contributed by atoms with E-state index in [-0.39, 0.29) is 42.5 Å². The van der Waals surface area contributed by atoms with Crippen LogP contribution in [0.25, 0.3) is 10.9 Å². The highest BCUT2D eigenvalue weighted by Gasteiger charge is 2.62. The van der Waals surface area contributed by atoms with E-state index in [0.29, 0.717) is 41.3 Å². The fourth-order valence-electron chi connectivity index (χ4n) is 7.67. The maximum atomic E-state index is 14.3. The standard InChI is InChI=1S/C47H47N5O6/c1-50(35-19-23-37(57-3)24-20-35)45(55)41(27-32-13-7-5-8-14-32)48-44(54)31-52-30-34(39-17-11-12-18-42(39)52)28-43(53)49-47(29-40(47)33-15-9-6-10-16-33)46(56)51(2)36-21-25-38(58-4)26-22-36/h5-26,30,40-41H,27-29,31H2,1-4H3,(H,48,54)(H,49,53)/t40?,41-,47-/m0/s1. The second kappa shape index (κ2) is 17.1. The summed E-state index contributed by atoms with van der Waals surface area (Å²) >= 11 is 0. The number of amides is 4. The van der Waals surface area contributed by atoms with Crippen molar-refractivity contribution in [2.24, 2.45) is 0 Å². The summed E-state index contributed by atoms with van der Waals surface area (Å²) in [5.74, 6) is -0.00439. The third kappa shape index (κ3) is 8.44. The number of ether oxygens (including phenoxy) is 2. The number of likely N-dealkylation sites (N-methyl/N-ethyl adjacent to an activating group) is 2. The van der Waals surface area contributed by atoms with E-state index < -0.39 is 11.6 Å². The molecule has 4 amide bonds. The Bertz CT molecular complexity index is 2400. The second-order valence-electron chi connectivity index (χ2n) is 14.6. The zero-order chi connectivity index (χ0) is 40.8. The number of fused-ring (bicyclic) bond motifs is 1. The van der Waals surface area contributed by atoms with Gasteiger partial charge in [-0.05, 0) is 77.7 Å². The van der Waals surface area contributed by atoms with E-state index in [9.17, 15) is 19.2 Å². The molecule has 5 aromatic carbocycles. The van der Waals surface area contributed by atoms with Crippen molar-refractivity contribution >= 4 is 45.9 Å². The van der Waals surface area contributed by atoms with Crippen LogP contribution >= 0.6 is 0 Å². The molecule has 0 spiro atoms. The van der Waals surface area contributed by atoms with Crippen LogP contribution in [0.3, 0.4) is 0 Å². The summed E-state index contributed by atoms with van der Waals surface area (Å²) in [6.45, 7) is -0.0852. The van der Waals surface area contributed by atoms with Gasteiger partial charge in [-0.2, -0.15) is 0 Å². The number of hydrogen-bond acceptors (Lipinski definition) is 6. The van der Waals surface area contributed by atoms with Crippen LogP contribution in [-0.4, -0.2) is 68.1 Å². The zero-order valence-corrected chi connectivity index (χ0v) is 33.1. The highest BCUT2D eigenvalue weighted by atomic mass is 16.5. The van der Waals surface area contributed by atoms with Gasteiger partial charge in [0.1, 0.15) is 29.6 Å². The topological polar surface area (TPSA) is 122 Å². The highest BCUT2D eigenvalue weighted by Crippen LogP contribution is 2.53. The van der Waals surface area contributed by atoms with Crippen molar-refractivity contribution in [3.8, 4) is 11.5 Å². The minimum atomic E-state index is -1.13. The molecule has 0 aliphatic heterocycles. The molecule has 1 heterocycles. The lowest BCUT2D eigenvalue weighted by Crippen LogP contribution is -2.51. The van der Waals surface area contributed by atoms with Crippen LogP contribution in [0.15, 0.2) is 140 Å². The molecule has 1 aromatic heterocycles. The summed E-state index contributed by atoms with van der Waals surface area (Å²) in [4.78, 5) is 59.2. The maximum Gasteiger partial charge on any atom is 0.253 e. The molecule has 6 aromatic rings. The van der Waals surface area contributed by atoms with E-state index >= 15 is 0 Å². The number of carbonyl (C=O) groups excluding carboxylic acids is 4. The van der Waals surface area contributed by atoms with Crippen molar-refractivity contribution in [2.45, 2.75) is 43.3 Å². The average molecular weight is 778 g/mol. The Morgan fingerprint density at radius 2 is 1.29 bits per heavy atom. The van der Waals surface area contributed by atoms with Gasteiger partial charge < -0.3 is 34.5 Å². The molecule has 0 radical (unpaired) electrons. The van der Waals surface area contributed by atoms with Gasteiger partial charge >= 0.3 is 0 Å². The van der Waals surface area contributed by atoms with Crippen molar-refractivity contribution in [2.75, 3.05) is 38.1 Å². The molecule has 1 fully saturated rings. The number of methoxy groups -OCH3 is 2. The van der Waals surface area contributed by atoms with Gasteiger partial charge in [0.2, 0.25) is 17.7 Å². The predicted octanol–water partition coefficient (Wildman–Crippen LogP) is 6.30.